The van der Waals surface area contributed by atoms with E-state index in [9.17, 15) is 9.59 Å². The van der Waals surface area contributed by atoms with E-state index in [-0.39, 0.29) is 11.7 Å². The van der Waals surface area contributed by atoms with Crippen LogP contribution >= 0.6 is 46.3 Å². The summed E-state index contributed by atoms with van der Waals surface area (Å²) in [6.07, 6.45) is 3.52. The van der Waals surface area contributed by atoms with Crippen molar-refractivity contribution in [1.82, 2.24) is 4.57 Å². The molecule has 10 heteroatoms. The molecule has 0 fully saturated rings. The third-order valence-electron chi connectivity index (χ3n) is 6.58. The number of aromatic nitrogens is 1. The highest BCUT2D eigenvalue weighted by Gasteiger charge is 2.33. The zero-order valence-corrected chi connectivity index (χ0v) is 26.5. The molecule has 0 saturated heterocycles. The maximum atomic E-state index is 13.9. The number of thioether (sulfide) groups is 1. The molecule has 0 N–H and O–H groups in total. The zero-order valence-electron chi connectivity index (χ0n) is 23.4. The van der Waals surface area contributed by atoms with Gasteiger partial charge in [0, 0.05) is 4.90 Å². The van der Waals surface area contributed by atoms with Crippen LogP contribution in [-0.4, -0.2) is 22.9 Å². The van der Waals surface area contributed by atoms with Crippen molar-refractivity contribution >= 4 is 58.3 Å². The number of hydrogen-bond acceptors (Lipinski definition) is 7. The molecule has 4 aromatic rings. The van der Waals surface area contributed by atoms with Gasteiger partial charge in [0.25, 0.3) is 5.56 Å². The Morgan fingerprint density at radius 2 is 1.79 bits per heavy atom. The molecule has 1 aliphatic rings. The molecule has 0 amide bonds. The predicted molar refractivity (Wildman–Crippen MR) is 170 cm³/mol. The molecule has 2 heterocycles. The number of esters is 1. The molecule has 1 aliphatic heterocycles. The van der Waals surface area contributed by atoms with Crippen molar-refractivity contribution in [3.05, 3.63) is 124 Å². The molecule has 0 saturated carbocycles. The van der Waals surface area contributed by atoms with Gasteiger partial charge in [0.1, 0.15) is 12.4 Å². The number of allylic oxidation sites excluding steroid dienone is 1. The van der Waals surface area contributed by atoms with E-state index in [2.05, 4.69) is 4.99 Å². The van der Waals surface area contributed by atoms with Gasteiger partial charge in [-0.2, -0.15) is 0 Å². The summed E-state index contributed by atoms with van der Waals surface area (Å²) in [6, 6.07) is 20.1. The van der Waals surface area contributed by atoms with Crippen molar-refractivity contribution in [3.8, 4) is 5.75 Å². The van der Waals surface area contributed by atoms with Crippen LogP contribution in [-0.2, 0) is 16.1 Å². The van der Waals surface area contributed by atoms with Crippen molar-refractivity contribution < 1.29 is 14.3 Å². The lowest BCUT2D eigenvalue weighted by Crippen LogP contribution is -2.40. The molecule has 0 unspecified atom stereocenters. The Labute approximate surface area is 261 Å². The molecule has 0 aliphatic carbocycles. The van der Waals surface area contributed by atoms with Crippen LogP contribution in [0.3, 0.4) is 0 Å². The van der Waals surface area contributed by atoms with Gasteiger partial charge in [-0.15, -0.1) is 11.8 Å². The number of benzene rings is 3. The second-order valence-electron chi connectivity index (χ2n) is 9.92. The lowest BCUT2D eigenvalue weighted by atomic mass is 9.96. The second-order valence-corrected chi connectivity index (χ2v) is 12.6. The van der Waals surface area contributed by atoms with Crippen LogP contribution in [0.15, 0.2) is 92.7 Å². The number of halogens is 2. The third-order valence-corrected chi connectivity index (χ3v) is 9.05. The van der Waals surface area contributed by atoms with Gasteiger partial charge in [0.2, 0.25) is 0 Å². The van der Waals surface area contributed by atoms with E-state index < -0.39 is 12.0 Å². The highest BCUT2D eigenvalue weighted by molar-refractivity contribution is 7.98. The van der Waals surface area contributed by atoms with Crippen LogP contribution in [0.4, 0.5) is 0 Å². The Morgan fingerprint density at radius 1 is 1.07 bits per heavy atom. The first-order valence-corrected chi connectivity index (χ1v) is 16.0. The molecule has 1 atom stereocenters. The molecule has 1 aromatic heterocycles. The second kappa shape index (κ2) is 12.9. The molecule has 0 radical (unpaired) electrons. The lowest BCUT2D eigenvalue weighted by molar-refractivity contribution is -0.143. The van der Waals surface area contributed by atoms with E-state index in [1.54, 1.807) is 49.2 Å². The number of hydrogen-bond donors (Lipinski definition) is 0. The standard InChI is InChI=1S/C32H28Cl2N2O4S2/c1-18(2)40-31(38)28-19(3)35-32-36(29(28)22-8-12-24(41-4)13-9-22)30(37)27(42-32)16-20-5-10-23(11-6-20)39-17-21-7-14-25(33)26(34)15-21/h5-16,18,29H,17H2,1-4H3/b27-16+/t29-/m0/s1. The Kier molecular flexibility index (Phi) is 9.28. The molecule has 216 valence electrons. The van der Waals surface area contributed by atoms with Gasteiger partial charge in [-0.25, -0.2) is 9.79 Å². The molecule has 0 spiro atoms. The topological polar surface area (TPSA) is 69.9 Å². The van der Waals surface area contributed by atoms with E-state index in [0.29, 0.717) is 43.0 Å². The monoisotopic (exact) mass is 638 g/mol. The van der Waals surface area contributed by atoms with Crippen molar-refractivity contribution in [1.29, 1.82) is 0 Å². The van der Waals surface area contributed by atoms with Gasteiger partial charge in [0.15, 0.2) is 4.80 Å². The highest BCUT2D eigenvalue weighted by Crippen LogP contribution is 2.32. The van der Waals surface area contributed by atoms with Crippen molar-refractivity contribution in [2.24, 2.45) is 4.99 Å². The van der Waals surface area contributed by atoms with Gasteiger partial charge in [0.05, 0.1) is 38.0 Å². The van der Waals surface area contributed by atoms with Gasteiger partial charge in [-0.1, -0.05) is 64.9 Å². The van der Waals surface area contributed by atoms with E-state index in [0.717, 1.165) is 21.6 Å². The summed E-state index contributed by atoms with van der Waals surface area (Å²) in [5.74, 6) is 0.202. The fourth-order valence-electron chi connectivity index (χ4n) is 4.57. The van der Waals surface area contributed by atoms with E-state index >= 15 is 0 Å². The molecular weight excluding hydrogens is 611 g/mol. The molecular formula is C32H28Cl2N2O4S2. The zero-order chi connectivity index (χ0) is 30.0. The molecule has 42 heavy (non-hydrogen) atoms. The number of rotatable bonds is 8. The van der Waals surface area contributed by atoms with E-state index in [1.807, 2.05) is 66.9 Å². The average Bonchev–Trinajstić information content (AvgIpc) is 3.27. The first kappa shape index (κ1) is 30.2. The van der Waals surface area contributed by atoms with Crippen LogP contribution in [0.5, 0.6) is 5.75 Å². The number of thiazole rings is 1. The molecule has 5 rings (SSSR count). The Bertz CT molecular complexity index is 1840. The van der Waals surface area contributed by atoms with Crippen LogP contribution in [0, 0.1) is 0 Å². The normalized spacial score (nSPS) is 15.0. The average molecular weight is 640 g/mol. The molecule has 0 bridgehead atoms. The summed E-state index contributed by atoms with van der Waals surface area (Å²) >= 11 is 15.0. The smallest absolute Gasteiger partial charge is 0.338 e. The van der Waals surface area contributed by atoms with Gasteiger partial charge >= 0.3 is 5.97 Å². The summed E-state index contributed by atoms with van der Waals surface area (Å²) in [7, 11) is 0. The summed E-state index contributed by atoms with van der Waals surface area (Å²) in [4.78, 5) is 33.4. The Morgan fingerprint density at radius 3 is 2.43 bits per heavy atom. The first-order chi connectivity index (χ1) is 20.1. The lowest BCUT2D eigenvalue weighted by Gasteiger charge is -2.25. The minimum Gasteiger partial charge on any atom is -0.489 e. The third kappa shape index (κ3) is 6.52. The van der Waals surface area contributed by atoms with E-state index in [4.69, 9.17) is 32.7 Å². The summed E-state index contributed by atoms with van der Waals surface area (Å²) in [5, 5.41) is 0.977. The van der Waals surface area contributed by atoms with Crippen molar-refractivity contribution in [2.75, 3.05) is 6.26 Å². The van der Waals surface area contributed by atoms with Crippen LogP contribution in [0.1, 0.15) is 43.5 Å². The Balaban J connectivity index is 1.48. The van der Waals surface area contributed by atoms with Gasteiger partial charge in [-0.05, 0) is 86.2 Å². The largest absolute Gasteiger partial charge is 0.489 e. The minimum atomic E-state index is -0.650. The summed E-state index contributed by atoms with van der Waals surface area (Å²) in [6.45, 7) is 5.73. The maximum Gasteiger partial charge on any atom is 0.338 e. The number of fused-ring (bicyclic) bond motifs is 1. The SMILES string of the molecule is CSc1ccc([C@H]2C(C(=O)OC(C)C)=C(C)N=c3s/c(=C/c4ccc(OCc5ccc(Cl)c(Cl)c5)cc4)c(=O)n32)cc1. The molecule has 6 nitrogen and oxygen atoms in total. The first-order valence-electron chi connectivity index (χ1n) is 13.2. The van der Waals surface area contributed by atoms with Crippen molar-refractivity contribution in [3.63, 3.8) is 0 Å². The quantitative estimate of drug-likeness (QED) is 0.157. The number of nitrogens with zero attached hydrogens (tertiary/aromatic N) is 2. The van der Waals surface area contributed by atoms with Gasteiger partial charge in [-0.3, -0.25) is 9.36 Å². The fourth-order valence-corrected chi connectivity index (χ4v) is 6.35. The van der Waals surface area contributed by atoms with Crippen LogP contribution in [0.25, 0.3) is 6.08 Å². The Hall–Kier alpha value is -3.30. The van der Waals surface area contributed by atoms with Gasteiger partial charge < -0.3 is 9.47 Å². The van der Waals surface area contributed by atoms with E-state index in [1.165, 1.54) is 11.3 Å². The number of carbonyl (C=O) groups excluding carboxylic acids is 1. The maximum absolute atomic E-state index is 13.9. The summed E-state index contributed by atoms with van der Waals surface area (Å²) in [5.41, 5.74) is 3.23. The fraction of sp³-hybridized carbons (Fsp3) is 0.219. The van der Waals surface area contributed by atoms with Crippen LogP contribution in [0.2, 0.25) is 10.0 Å². The van der Waals surface area contributed by atoms with Crippen LogP contribution < -0.4 is 19.6 Å². The predicted octanol–water partition coefficient (Wildman–Crippen LogP) is 6.79. The summed E-state index contributed by atoms with van der Waals surface area (Å²) < 4.78 is 13.6. The van der Waals surface area contributed by atoms with Crippen molar-refractivity contribution in [2.45, 2.75) is 44.4 Å². The minimum absolute atomic E-state index is 0.222. The number of ether oxygens (including phenoxy) is 2. The number of carbonyl (C=O) groups is 1. The molecule has 3 aromatic carbocycles. The highest BCUT2D eigenvalue weighted by atomic mass is 35.5.